The summed E-state index contributed by atoms with van der Waals surface area (Å²) in [4.78, 5) is 17.0. The van der Waals surface area contributed by atoms with Crippen LogP contribution in [0, 0.1) is 5.92 Å². The molecule has 1 aliphatic carbocycles. The van der Waals surface area contributed by atoms with Crippen molar-refractivity contribution in [3.8, 4) is 0 Å². The van der Waals surface area contributed by atoms with Crippen LogP contribution in [0.25, 0.3) is 0 Å². The fraction of sp³-hybridized carbons (Fsp3) is 0.600. The van der Waals surface area contributed by atoms with E-state index >= 15 is 0 Å². The molecule has 1 heterocycles. The third-order valence-corrected chi connectivity index (χ3v) is 4.90. The minimum absolute atomic E-state index is 0. The third kappa shape index (κ3) is 6.95. The lowest BCUT2D eigenvalue weighted by Gasteiger charge is -2.12. The molecular weight excluding hydrogens is 455 g/mol. The van der Waals surface area contributed by atoms with Gasteiger partial charge in [-0.15, -0.1) is 24.0 Å². The van der Waals surface area contributed by atoms with E-state index in [0.717, 1.165) is 43.4 Å². The standard InChI is InChI=1S/C20H30N4O2.HI/c1-3-21-20(24-18-10-14(18)2)23-12-15-6-4-7-16(11-15)19(25)22-13-17-8-5-9-26-17;/h4,6-7,11,14,17-18H,3,5,8-10,12-13H2,1-2H3,(H,22,25)(H2,21,23,24);1H. The molecule has 1 aliphatic heterocycles. The van der Waals surface area contributed by atoms with Crippen molar-refractivity contribution >= 4 is 35.8 Å². The molecule has 1 saturated heterocycles. The Bertz CT molecular complexity index is 647. The van der Waals surface area contributed by atoms with E-state index in [4.69, 9.17) is 4.74 Å². The average Bonchev–Trinajstić information content (AvgIpc) is 3.11. The molecule has 1 aromatic carbocycles. The zero-order valence-corrected chi connectivity index (χ0v) is 18.5. The van der Waals surface area contributed by atoms with Gasteiger partial charge >= 0.3 is 0 Å². The van der Waals surface area contributed by atoms with Gasteiger partial charge < -0.3 is 20.7 Å². The molecule has 27 heavy (non-hydrogen) atoms. The van der Waals surface area contributed by atoms with Crippen LogP contribution in [0.2, 0.25) is 0 Å². The van der Waals surface area contributed by atoms with E-state index in [1.165, 1.54) is 6.42 Å². The number of carbonyl (C=O) groups is 1. The Kier molecular flexibility index (Phi) is 8.82. The zero-order chi connectivity index (χ0) is 18.4. The first-order valence-corrected chi connectivity index (χ1v) is 9.69. The topological polar surface area (TPSA) is 74.8 Å². The van der Waals surface area contributed by atoms with Gasteiger partial charge in [0.25, 0.3) is 5.91 Å². The predicted molar refractivity (Wildman–Crippen MR) is 119 cm³/mol. The van der Waals surface area contributed by atoms with E-state index in [-0.39, 0.29) is 36.0 Å². The molecule has 3 unspecified atom stereocenters. The van der Waals surface area contributed by atoms with Crippen molar-refractivity contribution < 1.29 is 9.53 Å². The van der Waals surface area contributed by atoms with Crippen LogP contribution in [0.1, 0.15) is 49.0 Å². The quantitative estimate of drug-likeness (QED) is 0.315. The number of hydrogen-bond acceptors (Lipinski definition) is 3. The number of benzene rings is 1. The van der Waals surface area contributed by atoms with Gasteiger partial charge in [0.2, 0.25) is 0 Å². The molecule has 1 amide bonds. The van der Waals surface area contributed by atoms with Crippen LogP contribution < -0.4 is 16.0 Å². The van der Waals surface area contributed by atoms with Crippen molar-refractivity contribution in [2.45, 2.75) is 51.8 Å². The van der Waals surface area contributed by atoms with Gasteiger partial charge in [-0.1, -0.05) is 19.1 Å². The molecule has 0 spiro atoms. The van der Waals surface area contributed by atoms with E-state index in [0.29, 0.717) is 24.7 Å². The Morgan fingerprint density at radius 1 is 1.33 bits per heavy atom. The largest absolute Gasteiger partial charge is 0.376 e. The molecule has 2 aliphatic rings. The Hall–Kier alpha value is -1.35. The van der Waals surface area contributed by atoms with Crippen LogP contribution in [-0.2, 0) is 11.3 Å². The van der Waals surface area contributed by atoms with E-state index in [2.05, 4.69) is 34.8 Å². The molecule has 1 aromatic rings. The molecule has 3 atom stereocenters. The maximum Gasteiger partial charge on any atom is 0.251 e. The minimum Gasteiger partial charge on any atom is -0.376 e. The molecule has 1 saturated carbocycles. The summed E-state index contributed by atoms with van der Waals surface area (Å²) < 4.78 is 5.55. The van der Waals surface area contributed by atoms with Crippen molar-refractivity contribution in [2.24, 2.45) is 10.9 Å². The monoisotopic (exact) mass is 486 g/mol. The van der Waals surface area contributed by atoms with E-state index in [9.17, 15) is 4.79 Å². The number of amides is 1. The van der Waals surface area contributed by atoms with Crippen LogP contribution in [0.3, 0.4) is 0 Å². The fourth-order valence-electron chi connectivity index (χ4n) is 3.11. The second-order valence-electron chi connectivity index (χ2n) is 7.20. The molecule has 6 nitrogen and oxygen atoms in total. The van der Waals surface area contributed by atoms with E-state index in [1.807, 2.05) is 24.3 Å². The summed E-state index contributed by atoms with van der Waals surface area (Å²) in [6.07, 6.45) is 3.46. The summed E-state index contributed by atoms with van der Waals surface area (Å²) in [6, 6.07) is 8.20. The van der Waals surface area contributed by atoms with Gasteiger partial charge in [0.05, 0.1) is 12.6 Å². The number of rotatable bonds is 7. The number of halogens is 1. The molecule has 0 aromatic heterocycles. The first-order chi connectivity index (χ1) is 12.7. The van der Waals surface area contributed by atoms with Gasteiger partial charge in [0.1, 0.15) is 0 Å². The number of ether oxygens (including phenoxy) is 1. The van der Waals surface area contributed by atoms with Crippen molar-refractivity contribution in [3.63, 3.8) is 0 Å². The highest BCUT2D eigenvalue weighted by molar-refractivity contribution is 14.0. The van der Waals surface area contributed by atoms with Gasteiger partial charge in [-0.2, -0.15) is 0 Å². The Morgan fingerprint density at radius 3 is 2.81 bits per heavy atom. The number of guanidine groups is 1. The van der Waals surface area contributed by atoms with Crippen LogP contribution >= 0.6 is 24.0 Å². The fourth-order valence-corrected chi connectivity index (χ4v) is 3.11. The van der Waals surface area contributed by atoms with Crippen molar-refractivity contribution in [1.82, 2.24) is 16.0 Å². The third-order valence-electron chi connectivity index (χ3n) is 4.90. The Morgan fingerprint density at radius 2 is 2.15 bits per heavy atom. The van der Waals surface area contributed by atoms with E-state index in [1.54, 1.807) is 0 Å². The van der Waals surface area contributed by atoms with Gasteiger partial charge in [-0.25, -0.2) is 4.99 Å². The number of nitrogens with one attached hydrogen (secondary N) is 3. The van der Waals surface area contributed by atoms with E-state index < -0.39 is 0 Å². The molecule has 0 bridgehead atoms. The first-order valence-electron chi connectivity index (χ1n) is 9.69. The minimum atomic E-state index is -0.0526. The number of nitrogens with zero attached hydrogens (tertiary/aromatic N) is 1. The number of hydrogen-bond donors (Lipinski definition) is 3. The second kappa shape index (κ2) is 10.8. The van der Waals surface area contributed by atoms with Crippen molar-refractivity contribution in [2.75, 3.05) is 19.7 Å². The van der Waals surface area contributed by atoms with Crippen LogP contribution in [-0.4, -0.2) is 43.7 Å². The molecule has 7 heteroatoms. The maximum absolute atomic E-state index is 12.4. The molecule has 150 valence electrons. The summed E-state index contributed by atoms with van der Waals surface area (Å²) >= 11 is 0. The highest BCUT2D eigenvalue weighted by atomic mass is 127. The van der Waals surface area contributed by atoms with Gasteiger partial charge in [-0.05, 0) is 49.8 Å². The number of aliphatic imine (C=N–C) groups is 1. The second-order valence-corrected chi connectivity index (χ2v) is 7.20. The van der Waals surface area contributed by atoms with Crippen LogP contribution in [0.15, 0.2) is 29.3 Å². The van der Waals surface area contributed by atoms with Crippen molar-refractivity contribution in [1.29, 1.82) is 0 Å². The van der Waals surface area contributed by atoms with Crippen molar-refractivity contribution in [3.05, 3.63) is 35.4 Å². The predicted octanol–water partition coefficient (Wildman–Crippen LogP) is 2.68. The number of carbonyl (C=O) groups excluding carboxylic acids is 1. The highest BCUT2D eigenvalue weighted by Crippen LogP contribution is 2.28. The molecular formula is C20H31IN4O2. The lowest BCUT2D eigenvalue weighted by atomic mass is 10.1. The molecule has 2 fully saturated rings. The van der Waals surface area contributed by atoms with Crippen LogP contribution in [0.5, 0.6) is 0 Å². The summed E-state index contributed by atoms with van der Waals surface area (Å²) in [5.74, 6) is 1.51. The maximum atomic E-state index is 12.4. The molecule has 0 radical (unpaired) electrons. The summed E-state index contributed by atoms with van der Waals surface area (Å²) in [5, 5.41) is 9.69. The molecule has 3 N–H and O–H groups in total. The highest BCUT2D eigenvalue weighted by Gasteiger charge is 2.33. The summed E-state index contributed by atoms with van der Waals surface area (Å²) in [6.45, 7) is 7.06. The smallest absolute Gasteiger partial charge is 0.251 e. The zero-order valence-electron chi connectivity index (χ0n) is 16.2. The van der Waals surface area contributed by atoms with Gasteiger partial charge in [0, 0.05) is 31.3 Å². The SMILES string of the molecule is CCNC(=NCc1cccc(C(=O)NCC2CCCO2)c1)NC1CC1C.I. The Balaban J connectivity index is 0.00000261. The lowest BCUT2D eigenvalue weighted by Crippen LogP contribution is -2.39. The van der Waals surface area contributed by atoms with Crippen LogP contribution in [0.4, 0.5) is 0 Å². The normalized spacial score (nSPS) is 24.1. The first kappa shape index (κ1) is 21.9. The average molecular weight is 486 g/mol. The summed E-state index contributed by atoms with van der Waals surface area (Å²) in [7, 11) is 0. The summed E-state index contributed by atoms with van der Waals surface area (Å²) in [5.41, 5.74) is 1.69. The lowest BCUT2D eigenvalue weighted by molar-refractivity contribution is 0.0857. The Labute approximate surface area is 178 Å². The molecule has 3 rings (SSSR count). The van der Waals surface area contributed by atoms with Gasteiger partial charge in [-0.3, -0.25) is 4.79 Å². The van der Waals surface area contributed by atoms with Gasteiger partial charge in [0.15, 0.2) is 5.96 Å².